The summed E-state index contributed by atoms with van der Waals surface area (Å²) in [6, 6.07) is 9.20. The highest BCUT2D eigenvalue weighted by Gasteiger charge is 2.52. The molecule has 0 aromatic heterocycles. The second-order valence-electron chi connectivity index (χ2n) is 5.85. The minimum Gasteiger partial charge on any atom is -0.336 e. The van der Waals surface area contributed by atoms with Crippen LogP contribution in [0.2, 0.25) is 0 Å². The molecule has 4 nitrogen and oxygen atoms in total. The van der Waals surface area contributed by atoms with E-state index >= 15 is 0 Å². The molecule has 0 spiro atoms. The Morgan fingerprint density at radius 2 is 1.90 bits per heavy atom. The number of carbonyl (C=O) groups is 2. The molecular formula is C16H20N2O2. The van der Waals surface area contributed by atoms with Crippen molar-refractivity contribution in [2.45, 2.75) is 38.3 Å². The molecule has 0 bridgehead atoms. The van der Waals surface area contributed by atoms with E-state index in [0.717, 1.165) is 18.4 Å². The van der Waals surface area contributed by atoms with Crippen LogP contribution in [0.4, 0.5) is 0 Å². The molecule has 2 amide bonds. The minimum atomic E-state index is -0.945. The highest BCUT2D eigenvalue weighted by Crippen LogP contribution is 2.39. The summed E-state index contributed by atoms with van der Waals surface area (Å²) in [4.78, 5) is 27.1. The van der Waals surface area contributed by atoms with Crippen molar-refractivity contribution < 1.29 is 9.59 Å². The fourth-order valence-electron chi connectivity index (χ4n) is 3.12. The third-order valence-electron chi connectivity index (χ3n) is 4.43. The van der Waals surface area contributed by atoms with Crippen LogP contribution in [0.1, 0.15) is 32.3 Å². The largest absolute Gasteiger partial charge is 0.336 e. The highest BCUT2D eigenvalue weighted by atomic mass is 16.2. The average Bonchev–Trinajstić information content (AvgIpc) is 3.28. The van der Waals surface area contributed by atoms with Gasteiger partial charge in [-0.3, -0.25) is 9.59 Å². The van der Waals surface area contributed by atoms with Gasteiger partial charge in [0.05, 0.1) is 0 Å². The first kappa shape index (κ1) is 13.2. The maximum atomic E-state index is 12.9. The molecule has 1 saturated carbocycles. The van der Waals surface area contributed by atoms with E-state index in [2.05, 4.69) is 5.32 Å². The zero-order chi connectivity index (χ0) is 14.3. The zero-order valence-corrected chi connectivity index (χ0v) is 11.9. The number of benzene rings is 1. The lowest BCUT2D eigenvalue weighted by molar-refractivity contribution is -0.155. The van der Waals surface area contributed by atoms with Gasteiger partial charge in [-0.2, -0.15) is 0 Å². The van der Waals surface area contributed by atoms with Crippen LogP contribution in [0, 0.1) is 5.92 Å². The number of amides is 2. The maximum Gasteiger partial charge on any atom is 0.253 e. The van der Waals surface area contributed by atoms with Gasteiger partial charge >= 0.3 is 0 Å². The van der Waals surface area contributed by atoms with E-state index in [1.165, 1.54) is 0 Å². The van der Waals surface area contributed by atoms with E-state index in [1.54, 1.807) is 11.8 Å². The standard InChI is InChI=1S/C16H20N2O2/c1-3-18-13(11-9-10-11)14(19)17-16(2,15(18)20)12-7-5-4-6-8-12/h4-8,11,13H,3,9-10H2,1-2H3,(H,17,19). The Morgan fingerprint density at radius 3 is 2.45 bits per heavy atom. The first-order valence-electron chi connectivity index (χ1n) is 7.26. The first-order chi connectivity index (χ1) is 9.58. The Balaban J connectivity index is 1.98. The molecule has 1 heterocycles. The van der Waals surface area contributed by atoms with Crippen LogP contribution >= 0.6 is 0 Å². The van der Waals surface area contributed by atoms with Gasteiger partial charge in [-0.05, 0) is 38.2 Å². The van der Waals surface area contributed by atoms with Gasteiger partial charge in [0.15, 0.2) is 0 Å². The van der Waals surface area contributed by atoms with Crippen molar-refractivity contribution in [1.82, 2.24) is 10.2 Å². The molecule has 1 aliphatic carbocycles. The zero-order valence-electron chi connectivity index (χ0n) is 11.9. The van der Waals surface area contributed by atoms with Crippen molar-refractivity contribution in [3.05, 3.63) is 35.9 Å². The first-order valence-corrected chi connectivity index (χ1v) is 7.26. The Kier molecular flexibility index (Phi) is 3.04. The third kappa shape index (κ3) is 1.90. The van der Waals surface area contributed by atoms with E-state index in [1.807, 2.05) is 37.3 Å². The Labute approximate surface area is 119 Å². The Hall–Kier alpha value is -1.84. The Bertz CT molecular complexity index is 539. The van der Waals surface area contributed by atoms with E-state index in [9.17, 15) is 9.59 Å². The summed E-state index contributed by atoms with van der Waals surface area (Å²) in [6.45, 7) is 4.32. The number of carbonyl (C=O) groups excluding carboxylic acids is 2. The molecular weight excluding hydrogens is 252 g/mol. The van der Waals surface area contributed by atoms with Gasteiger partial charge in [-0.15, -0.1) is 0 Å². The van der Waals surface area contributed by atoms with Gasteiger partial charge in [-0.25, -0.2) is 0 Å². The van der Waals surface area contributed by atoms with Crippen molar-refractivity contribution in [2.24, 2.45) is 5.92 Å². The lowest BCUT2D eigenvalue weighted by atomic mass is 9.86. The van der Waals surface area contributed by atoms with Crippen molar-refractivity contribution >= 4 is 11.8 Å². The lowest BCUT2D eigenvalue weighted by Gasteiger charge is -2.44. The second kappa shape index (κ2) is 4.62. The molecule has 2 atom stereocenters. The molecule has 2 aliphatic rings. The van der Waals surface area contributed by atoms with Crippen LogP contribution in [0.15, 0.2) is 30.3 Å². The Morgan fingerprint density at radius 1 is 1.25 bits per heavy atom. The minimum absolute atomic E-state index is 0.00250. The fraction of sp³-hybridized carbons (Fsp3) is 0.500. The maximum absolute atomic E-state index is 12.9. The summed E-state index contributed by atoms with van der Waals surface area (Å²) in [6.07, 6.45) is 2.09. The number of likely N-dealkylation sites (N-methyl/N-ethyl adjacent to an activating group) is 1. The van der Waals surface area contributed by atoms with Crippen LogP contribution < -0.4 is 5.32 Å². The molecule has 20 heavy (non-hydrogen) atoms. The molecule has 4 heteroatoms. The van der Waals surface area contributed by atoms with Gasteiger partial charge < -0.3 is 10.2 Å². The summed E-state index contributed by atoms with van der Waals surface area (Å²) in [5, 5.41) is 2.96. The summed E-state index contributed by atoms with van der Waals surface area (Å²) in [5.74, 6) is 0.335. The number of hydrogen-bond donors (Lipinski definition) is 1. The predicted molar refractivity (Wildman–Crippen MR) is 75.8 cm³/mol. The van der Waals surface area contributed by atoms with Crippen LogP contribution in [0.5, 0.6) is 0 Å². The average molecular weight is 272 g/mol. The number of rotatable bonds is 3. The molecule has 1 aromatic rings. The number of hydrogen-bond acceptors (Lipinski definition) is 2. The molecule has 2 unspecified atom stereocenters. The van der Waals surface area contributed by atoms with Gasteiger partial charge in [0, 0.05) is 6.54 Å². The van der Waals surface area contributed by atoms with Gasteiger partial charge in [0.2, 0.25) is 5.91 Å². The van der Waals surface area contributed by atoms with Crippen molar-refractivity contribution in [2.75, 3.05) is 6.54 Å². The smallest absolute Gasteiger partial charge is 0.253 e. The van der Waals surface area contributed by atoms with Crippen molar-refractivity contribution in [3.63, 3.8) is 0 Å². The van der Waals surface area contributed by atoms with Crippen molar-refractivity contribution in [3.8, 4) is 0 Å². The molecule has 1 N–H and O–H groups in total. The normalized spacial score (nSPS) is 30.3. The number of nitrogens with zero attached hydrogens (tertiary/aromatic N) is 1. The van der Waals surface area contributed by atoms with Crippen molar-refractivity contribution in [1.29, 1.82) is 0 Å². The van der Waals surface area contributed by atoms with Crippen LogP contribution in [-0.4, -0.2) is 29.3 Å². The topological polar surface area (TPSA) is 49.4 Å². The molecule has 1 aliphatic heterocycles. The summed E-state index contributed by atoms with van der Waals surface area (Å²) >= 11 is 0. The monoisotopic (exact) mass is 272 g/mol. The fourth-order valence-corrected chi connectivity index (χ4v) is 3.12. The van der Waals surface area contributed by atoms with Gasteiger partial charge in [0.1, 0.15) is 11.6 Å². The summed E-state index contributed by atoms with van der Waals surface area (Å²) < 4.78 is 0. The quantitative estimate of drug-likeness (QED) is 0.909. The summed E-state index contributed by atoms with van der Waals surface area (Å²) in [5.41, 5.74) is -0.106. The van der Waals surface area contributed by atoms with Crippen LogP contribution in [-0.2, 0) is 15.1 Å². The molecule has 2 fully saturated rings. The third-order valence-corrected chi connectivity index (χ3v) is 4.43. The number of nitrogens with one attached hydrogen (secondary N) is 1. The van der Waals surface area contributed by atoms with Gasteiger partial charge in [-0.1, -0.05) is 30.3 Å². The SMILES string of the molecule is CCN1C(=O)C(C)(c2ccccc2)NC(=O)C1C1CC1. The van der Waals surface area contributed by atoms with E-state index in [4.69, 9.17) is 0 Å². The van der Waals surface area contributed by atoms with Gasteiger partial charge in [0.25, 0.3) is 5.91 Å². The van der Waals surface area contributed by atoms with Crippen LogP contribution in [0.25, 0.3) is 0 Å². The van der Waals surface area contributed by atoms with Crippen LogP contribution in [0.3, 0.4) is 0 Å². The van der Waals surface area contributed by atoms with E-state index in [-0.39, 0.29) is 17.9 Å². The predicted octanol–water partition coefficient (Wildman–Crippen LogP) is 1.66. The number of piperazine rings is 1. The highest BCUT2D eigenvalue weighted by molar-refractivity contribution is 6.00. The van der Waals surface area contributed by atoms with E-state index < -0.39 is 5.54 Å². The second-order valence-corrected chi connectivity index (χ2v) is 5.85. The molecule has 1 saturated heterocycles. The molecule has 106 valence electrons. The van der Waals surface area contributed by atoms with E-state index in [0.29, 0.717) is 12.5 Å². The summed E-state index contributed by atoms with van der Waals surface area (Å²) in [7, 11) is 0. The molecule has 3 rings (SSSR count). The molecule has 1 aromatic carbocycles. The lowest BCUT2D eigenvalue weighted by Crippen LogP contribution is -2.68. The molecule has 0 radical (unpaired) electrons.